The van der Waals surface area contributed by atoms with Crippen molar-refractivity contribution >= 4 is 23.3 Å². The van der Waals surface area contributed by atoms with Gasteiger partial charge in [0.05, 0.1) is 25.0 Å². The molecule has 1 N–H and O–H groups in total. The van der Waals surface area contributed by atoms with Gasteiger partial charge in [-0.3, -0.25) is 0 Å². The number of aromatic nitrogens is 1. The first kappa shape index (κ1) is 12.6. The third-order valence-electron chi connectivity index (χ3n) is 3.55. The summed E-state index contributed by atoms with van der Waals surface area (Å²) in [6, 6.07) is 0.633. The Labute approximate surface area is 113 Å². The molecule has 19 heavy (non-hydrogen) atoms. The van der Waals surface area contributed by atoms with Crippen molar-refractivity contribution in [3.63, 3.8) is 0 Å². The van der Waals surface area contributed by atoms with Crippen LogP contribution in [0.5, 0.6) is 0 Å². The molecule has 2 aliphatic rings. The van der Waals surface area contributed by atoms with Crippen LogP contribution in [0.4, 0.5) is 19.3 Å². The Bertz CT molecular complexity index is 530. The molecule has 7 heteroatoms. The molecule has 1 aliphatic heterocycles. The van der Waals surface area contributed by atoms with E-state index >= 15 is 0 Å². The van der Waals surface area contributed by atoms with Gasteiger partial charge in [0.1, 0.15) is 5.67 Å². The molecule has 3 rings (SSSR count). The average molecular weight is 288 g/mol. The number of nitrogens with zero attached hydrogens (tertiary/aromatic N) is 2. The van der Waals surface area contributed by atoms with Crippen LogP contribution in [0.1, 0.15) is 12.8 Å². The van der Waals surface area contributed by atoms with Gasteiger partial charge in [0.25, 0.3) is 0 Å². The number of rotatable bonds is 2. The van der Waals surface area contributed by atoms with E-state index in [4.69, 9.17) is 11.6 Å². The molecule has 0 aromatic carbocycles. The normalized spacial score (nSPS) is 20.9. The Kier molecular flexibility index (Phi) is 2.85. The van der Waals surface area contributed by atoms with E-state index in [9.17, 15) is 13.6 Å². The fourth-order valence-electron chi connectivity index (χ4n) is 2.28. The highest BCUT2D eigenvalue weighted by Gasteiger charge is 2.55. The number of pyridine rings is 1. The Morgan fingerprint density at radius 3 is 2.79 bits per heavy atom. The summed E-state index contributed by atoms with van der Waals surface area (Å²) in [6.45, 7) is 0.208. The maximum Gasteiger partial charge on any atom is 0.322 e. The number of amides is 2. The molecule has 102 valence electrons. The SMILES string of the molecule is O=C(Nc1cnc(Cl)c(F)c1)N1CC(F)(C2CC2)C1. The molecule has 1 saturated heterocycles. The number of urea groups is 1. The van der Waals surface area contributed by atoms with Gasteiger partial charge in [0.2, 0.25) is 0 Å². The van der Waals surface area contributed by atoms with E-state index in [0.717, 1.165) is 18.9 Å². The average Bonchev–Trinajstić information content (AvgIpc) is 3.14. The molecule has 2 amide bonds. The lowest BCUT2D eigenvalue weighted by atomic mass is 9.91. The van der Waals surface area contributed by atoms with Gasteiger partial charge in [-0.2, -0.15) is 0 Å². The zero-order valence-electron chi connectivity index (χ0n) is 10.00. The van der Waals surface area contributed by atoms with E-state index in [1.807, 2.05) is 0 Å². The summed E-state index contributed by atoms with van der Waals surface area (Å²) >= 11 is 5.44. The number of halogens is 3. The lowest BCUT2D eigenvalue weighted by Crippen LogP contribution is -2.63. The van der Waals surface area contributed by atoms with Gasteiger partial charge in [0, 0.05) is 6.07 Å². The van der Waals surface area contributed by atoms with Crippen LogP contribution in [-0.4, -0.2) is 34.7 Å². The van der Waals surface area contributed by atoms with Crippen LogP contribution in [0, 0.1) is 11.7 Å². The molecule has 0 unspecified atom stereocenters. The lowest BCUT2D eigenvalue weighted by molar-refractivity contribution is -0.0191. The van der Waals surface area contributed by atoms with Crippen molar-refractivity contribution in [3.05, 3.63) is 23.2 Å². The van der Waals surface area contributed by atoms with Crippen LogP contribution >= 0.6 is 11.6 Å². The third-order valence-corrected chi connectivity index (χ3v) is 3.83. The summed E-state index contributed by atoms with van der Waals surface area (Å²) in [6.07, 6.45) is 3.06. The first-order valence-electron chi connectivity index (χ1n) is 6.04. The number of hydrogen-bond donors (Lipinski definition) is 1. The highest BCUT2D eigenvalue weighted by atomic mass is 35.5. The second kappa shape index (κ2) is 4.30. The van der Waals surface area contributed by atoms with Gasteiger partial charge in [-0.05, 0) is 18.8 Å². The van der Waals surface area contributed by atoms with Crippen LogP contribution in [0.15, 0.2) is 12.3 Å². The van der Waals surface area contributed by atoms with Crippen LogP contribution in [0.25, 0.3) is 0 Å². The molecule has 0 bridgehead atoms. The van der Waals surface area contributed by atoms with Crippen LogP contribution < -0.4 is 5.32 Å². The maximum absolute atomic E-state index is 14.0. The Balaban J connectivity index is 1.58. The van der Waals surface area contributed by atoms with E-state index in [2.05, 4.69) is 10.3 Å². The van der Waals surface area contributed by atoms with Crippen molar-refractivity contribution < 1.29 is 13.6 Å². The largest absolute Gasteiger partial charge is 0.322 e. The Hall–Kier alpha value is -1.43. The van der Waals surface area contributed by atoms with Gasteiger partial charge >= 0.3 is 6.03 Å². The number of anilines is 1. The molecule has 1 aromatic rings. The van der Waals surface area contributed by atoms with Crippen LogP contribution in [0.3, 0.4) is 0 Å². The van der Waals surface area contributed by atoms with Crippen molar-refractivity contribution in [1.29, 1.82) is 0 Å². The fraction of sp³-hybridized carbons (Fsp3) is 0.500. The van der Waals surface area contributed by atoms with E-state index < -0.39 is 17.5 Å². The standard InChI is InChI=1S/C12H12ClF2N3O/c13-10-9(14)3-8(4-16-10)17-11(19)18-5-12(15,6-18)7-1-2-7/h3-4,7H,1-2,5-6H2,(H,17,19). The first-order chi connectivity index (χ1) is 8.98. The quantitative estimate of drug-likeness (QED) is 0.850. The molecule has 4 nitrogen and oxygen atoms in total. The first-order valence-corrected chi connectivity index (χ1v) is 6.42. The summed E-state index contributed by atoms with van der Waals surface area (Å²) in [4.78, 5) is 16.7. The second-order valence-electron chi connectivity index (χ2n) is 5.09. The smallest absolute Gasteiger partial charge is 0.318 e. The number of hydrogen-bond acceptors (Lipinski definition) is 2. The van der Waals surface area contributed by atoms with Crippen molar-refractivity contribution in [1.82, 2.24) is 9.88 Å². The summed E-state index contributed by atoms with van der Waals surface area (Å²) in [7, 11) is 0. The van der Waals surface area contributed by atoms with Crippen LogP contribution in [0.2, 0.25) is 5.15 Å². The molecular formula is C12H12ClF2N3O. The third kappa shape index (κ3) is 2.36. The van der Waals surface area contributed by atoms with Crippen molar-refractivity contribution in [2.45, 2.75) is 18.5 Å². The molecule has 2 heterocycles. The summed E-state index contributed by atoms with van der Waals surface area (Å²) in [5.74, 6) is -0.605. The van der Waals surface area contributed by atoms with Gasteiger partial charge in [0.15, 0.2) is 11.0 Å². The number of likely N-dealkylation sites (tertiary alicyclic amines) is 1. The number of carbonyl (C=O) groups excluding carboxylic acids is 1. The minimum Gasteiger partial charge on any atom is -0.318 e. The highest BCUT2D eigenvalue weighted by molar-refractivity contribution is 6.29. The van der Waals surface area contributed by atoms with Gasteiger partial charge in [-0.15, -0.1) is 0 Å². The zero-order valence-corrected chi connectivity index (χ0v) is 10.8. The van der Waals surface area contributed by atoms with Crippen molar-refractivity contribution in [2.24, 2.45) is 5.92 Å². The van der Waals surface area contributed by atoms with Gasteiger partial charge in [-0.1, -0.05) is 11.6 Å². The van der Waals surface area contributed by atoms with E-state index in [1.54, 1.807) is 0 Å². The molecule has 0 atom stereocenters. The van der Waals surface area contributed by atoms with Gasteiger partial charge in [-0.25, -0.2) is 18.6 Å². The second-order valence-corrected chi connectivity index (χ2v) is 5.45. The van der Waals surface area contributed by atoms with Crippen LogP contribution in [-0.2, 0) is 0 Å². The molecule has 1 aliphatic carbocycles. The zero-order chi connectivity index (χ0) is 13.6. The number of carbonyl (C=O) groups is 1. The van der Waals surface area contributed by atoms with Gasteiger partial charge < -0.3 is 10.2 Å². The molecule has 0 radical (unpaired) electrons. The lowest BCUT2D eigenvalue weighted by Gasteiger charge is -2.44. The minimum atomic E-state index is -1.22. The van der Waals surface area contributed by atoms with Crippen molar-refractivity contribution in [3.8, 4) is 0 Å². The monoisotopic (exact) mass is 287 g/mol. The summed E-state index contributed by atoms with van der Waals surface area (Å²) < 4.78 is 27.2. The minimum absolute atomic E-state index is 0.103. The molecule has 1 saturated carbocycles. The molecular weight excluding hydrogens is 276 g/mol. The molecule has 1 aromatic heterocycles. The topological polar surface area (TPSA) is 45.2 Å². The predicted octanol–water partition coefficient (Wildman–Crippen LogP) is 2.84. The number of alkyl halides is 1. The fourth-order valence-corrected chi connectivity index (χ4v) is 2.39. The summed E-state index contributed by atoms with van der Waals surface area (Å²) in [5.41, 5.74) is -1.02. The Morgan fingerprint density at radius 1 is 1.53 bits per heavy atom. The maximum atomic E-state index is 14.0. The molecule has 2 fully saturated rings. The number of nitrogens with one attached hydrogen (secondary N) is 1. The Morgan fingerprint density at radius 2 is 2.21 bits per heavy atom. The van der Waals surface area contributed by atoms with E-state index in [1.165, 1.54) is 11.1 Å². The molecule has 0 spiro atoms. The summed E-state index contributed by atoms with van der Waals surface area (Å²) in [5, 5.41) is 2.22. The van der Waals surface area contributed by atoms with E-state index in [-0.39, 0.29) is 29.8 Å². The predicted molar refractivity (Wildman–Crippen MR) is 66.4 cm³/mol. The highest BCUT2D eigenvalue weighted by Crippen LogP contribution is 2.47. The van der Waals surface area contributed by atoms with E-state index in [0.29, 0.717) is 0 Å². The van der Waals surface area contributed by atoms with Crippen molar-refractivity contribution in [2.75, 3.05) is 18.4 Å².